The molecule has 2 amide bonds. The van der Waals surface area contributed by atoms with Crippen LogP contribution < -0.4 is 16.4 Å². The predicted molar refractivity (Wildman–Crippen MR) is 109 cm³/mol. The number of amides is 2. The number of fused-ring (bicyclic) bond motifs is 1. The molecule has 0 saturated heterocycles. The molecule has 0 aliphatic rings. The summed E-state index contributed by atoms with van der Waals surface area (Å²) in [6.45, 7) is 4.32. The summed E-state index contributed by atoms with van der Waals surface area (Å²) < 4.78 is 1.32. The van der Waals surface area contributed by atoms with Crippen molar-refractivity contribution in [2.45, 2.75) is 39.7 Å². The van der Waals surface area contributed by atoms with Gasteiger partial charge < -0.3 is 0 Å². The van der Waals surface area contributed by atoms with Gasteiger partial charge in [-0.15, -0.1) is 0 Å². The Labute approximate surface area is 167 Å². The van der Waals surface area contributed by atoms with E-state index in [-0.39, 0.29) is 11.3 Å². The van der Waals surface area contributed by atoms with E-state index in [4.69, 9.17) is 0 Å². The van der Waals surface area contributed by atoms with Crippen LogP contribution in [0, 0.1) is 6.92 Å². The fourth-order valence-electron chi connectivity index (χ4n) is 2.91. The summed E-state index contributed by atoms with van der Waals surface area (Å²) in [6, 6.07) is 10.1. The minimum atomic E-state index is -0.598. The minimum Gasteiger partial charge on any atom is -0.267 e. The SMILES string of the molecule is CCCCCn1nc(C(=O)NNC(=O)c2ccc(C)nc2)c2ccccc2c1=O. The predicted octanol–water partition coefficient (Wildman–Crippen LogP) is 2.36. The Morgan fingerprint density at radius 1 is 1.00 bits per heavy atom. The Bertz CT molecular complexity index is 1090. The van der Waals surface area contributed by atoms with E-state index >= 15 is 0 Å². The summed E-state index contributed by atoms with van der Waals surface area (Å²) in [5.41, 5.74) is 5.69. The van der Waals surface area contributed by atoms with Crippen molar-refractivity contribution in [1.29, 1.82) is 0 Å². The summed E-state index contributed by atoms with van der Waals surface area (Å²) in [6.07, 6.45) is 4.19. The Kier molecular flexibility index (Phi) is 6.33. The average Bonchev–Trinajstić information content (AvgIpc) is 2.74. The number of hydrogen-bond donors (Lipinski definition) is 2. The maximum Gasteiger partial charge on any atom is 0.290 e. The number of unbranched alkanes of at least 4 members (excludes halogenated alkanes) is 2. The van der Waals surface area contributed by atoms with Gasteiger partial charge in [0, 0.05) is 23.8 Å². The van der Waals surface area contributed by atoms with Crippen LogP contribution in [0.15, 0.2) is 47.4 Å². The van der Waals surface area contributed by atoms with Crippen molar-refractivity contribution < 1.29 is 9.59 Å². The van der Waals surface area contributed by atoms with E-state index in [2.05, 4.69) is 27.9 Å². The van der Waals surface area contributed by atoms with E-state index in [0.717, 1.165) is 25.0 Å². The Morgan fingerprint density at radius 2 is 1.72 bits per heavy atom. The van der Waals surface area contributed by atoms with E-state index in [1.807, 2.05) is 6.92 Å². The fourth-order valence-corrected chi connectivity index (χ4v) is 2.91. The second-order valence-electron chi connectivity index (χ2n) is 6.73. The van der Waals surface area contributed by atoms with Crippen molar-refractivity contribution in [3.63, 3.8) is 0 Å². The monoisotopic (exact) mass is 393 g/mol. The van der Waals surface area contributed by atoms with E-state index in [9.17, 15) is 14.4 Å². The van der Waals surface area contributed by atoms with E-state index < -0.39 is 11.8 Å². The third kappa shape index (κ3) is 4.66. The van der Waals surface area contributed by atoms with Crippen LogP contribution in [0.3, 0.4) is 0 Å². The molecular formula is C21H23N5O3. The quantitative estimate of drug-likeness (QED) is 0.494. The maximum absolute atomic E-state index is 12.7. The molecule has 2 heterocycles. The molecule has 29 heavy (non-hydrogen) atoms. The smallest absolute Gasteiger partial charge is 0.267 e. The van der Waals surface area contributed by atoms with Crippen molar-refractivity contribution in [3.8, 4) is 0 Å². The van der Waals surface area contributed by atoms with Crippen LogP contribution >= 0.6 is 0 Å². The van der Waals surface area contributed by atoms with E-state index in [1.165, 1.54) is 10.9 Å². The number of carbonyl (C=O) groups is 2. The van der Waals surface area contributed by atoms with Gasteiger partial charge in [0.05, 0.1) is 10.9 Å². The van der Waals surface area contributed by atoms with Gasteiger partial charge in [0.2, 0.25) is 0 Å². The van der Waals surface area contributed by atoms with Gasteiger partial charge in [0.25, 0.3) is 17.4 Å². The third-order valence-electron chi connectivity index (χ3n) is 4.52. The summed E-state index contributed by atoms with van der Waals surface area (Å²) >= 11 is 0. The van der Waals surface area contributed by atoms with Crippen LogP contribution in [0.25, 0.3) is 10.8 Å². The average molecular weight is 393 g/mol. The van der Waals surface area contributed by atoms with Crippen molar-refractivity contribution in [2.24, 2.45) is 0 Å². The largest absolute Gasteiger partial charge is 0.290 e. The maximum atomic E-state index is 12.7. The molecule has 0 radical (unpaired) electrons. The molecule has 3 aromatic rings. The number of pyridine rings is 1. The van der Waals surface area contributed by atoms with Gasteiger partial charge in [0.1, 0.15) is 0 Å². The van der Waals surface area contributed by atoms with Gasteiger partial charge in [-0.1, -0.05) is 38.0 Å². The number of nitrogens with one attached hydrogen (secondary N) is 2. The number of rotatable bonds is 6. The molecule has 0 aliphatic heterocycles. The standard InChI is InChI=1S/C21H23N5O3/c1-3-4-7-12-26-21(29)17-9-6-5-8-16(17)18(25-26)20(28)24-23-19(27)15-11-10-14(2)22-13-15/h5-6,8-11,13H,3-4,7,12H2,1-2H3,(H,23,27)(H,24,28). The number of benzene rings is 1. The zero-order valence-corrected chi connectivity index (χ0v) is 16.4. The summed E-state index contributed by atoms with van der Waals surface area (Å²) in [5, 5.41) is 5.12. The molecule has 0 unspecified atom stereocenters. The molecule has 0 fully saturated rings. The molecule has 8 nitrogen and oxygen atoms in total. The van der Waals surface area contributed by atoms with Gasteiger partial charge in [0.15, 0.2) is 5.69 Å². The summed E-state index contributed by atoms with van der Waals surface area (Å²) in [5.74, 6) is -1.09. The minimum absolute atomic E-state index is 0.0824. The lowest BCUT2D eigenvalue weighted by atomic mass is 10.1. The highest BCUT2D eigenvalue weighted by molar-refractivity contribution is 6.05. The first-order chi connectivity index (χ1) is 14.0. The van der Waals surface area contributed by atoms with Crippen molar-refractivity contribution in [1.82, 2.24) is 25.6 Å². The van der Waals surface area contributed by atoms with Gasteiger partial charge in [-0.25, -0.2) is 4.68 Å². The van der Waals surface area contributed by atoms with E-state index in [0.29, 0.717) is 22.9 Å². The topological polar surface area (TPSA) is 106 Å². The van der Waals surface area contributed by atoms with Gasteiger partial charge in [-0.3, -0.25) is 30.2 Å². The van der Waals surface area contributed by atoms with Crippen LogP contribution in [-0.4, -0.2) is 26.6 Å². The molecular weight excluding hydrogens is 370 g/mol. The lowest BCUT2D eigenvalue weighted by molar-refractivity contribution is 0.0843. The first-order valence-corrected chi connectivity index (χ1v) is 9.54. The van der Waals surface area contributed by atoms with Crippen LogP contribution in [0.5, 0.6) is 0 Å². The first-order valence-electron chi connectivity index (χ1n) is 9.54. The van der Waals surface area contributed by atoms with Crippen molar-refractivity contribution in [2.75, 3.05) is 0 Å². The van der Waals surface area contributed by atoms with Gasteiger partial charge in [-0.05, 0) is 31.5 Å². The molecule has 0 aliphatic carbocycles. The highest BCUT2D eigenvalue weighted by atomic mass is 16.2. The zero-order valence-electron chi connectivity index (χ0n) is 16.4. The van der Waals surface area contributed by atoms with Crippen LogP contribution in [0.1, 0.15) is 52.7 Å². The molecule has 3 rings (SSSR count). The lowest BCUT2D eigenvalue weighted by Crippen LogP contribution is -2.42. The molecule has 0 saturated carbocycles. The number of hydrazine groups is 1. The molecule has 1 aromatic carbocycles. The second kappa shape index (κ2) is 9.09. The van der Waals surface area contributed by atoms with Crippen molar-refractivity contribution >= 4 is 22.6 Å². The highest BCUT2D eigenvalue weighted by Gasteiger charge is 2.17. The number of hydrogen-bond acceptors (Lipinski definition) is 5. The Hall–Kier alpha value is -3.55. The molecule has 150 valence electrons. The lowest BCUT2D eigenvalue weighted by Gasteiger charge is -2.12. The fraction of sp³-hybridized carbons (Fsp3) is 0.286. The van der Waals surface area contributed by atoms with Gasteiger partial charge >= 0.3 is 0 Å². The molecule has 2 N–H and O–H groups in total. The normalized spacial score (nSPS) is 10.7. The molecule has 2 aromatic heterocycles. The number of nitrogens with zero attached hydrogens (tertiary/aromatic N) is 3. The van der Waals surface area contributed by atoms with Crippen LogP contribution in [0.4, 0.5) is 0 Å². The number of carbonyl (C=O) groups excluding carboxylic acids is 2. The molecule has 8 heteroatoms. The summed E-state index contributed by atoms with van der Waals surface area (Å²) in [4.78, 5) is 41.7. The zero-order chi connectivity index (χ0) is 20.8. The Balaban J connectivity index is 1.84. The molecule has 0 bridgehead atoms. The Morgan fingerprint density at radius 3 is 2.41 bits per heavy atom. The van der Waals surface area contributed by atoms with Crippen molar-refractivity contribution in [3.05, 3.63) is 69.9 Å². The third-order valence-corrected chi connectivity index (χ3v) is 4.52. The highest BCUT2D eigenvalue weighted by Crippen LogP contribution is 2.13. The van der Waals surface area contributed by atoms with E-state index in [1.54, 1.807) is 36.4 Å². The number of aromatic nitrogens is 3. The summed E-state index contributed by atoms with van der Waals surface area (Å²) in [7, 11) is 0. The van der Waals surface area contributed by atoms with Gasteiger partial charge in [-0.2, -0.15) is 5.10 Å². The molecule has 0 spiro atoms. The number of aryl methyl sites for hydroxylation is 2. The second-order valence-corrected chi connectivity index (χ2v) is 6.73. The van der Waals surface area contributed by atoms with Crippen LogP contribution in [-0.2, 0) is 6.54 Å². The van der Waals surface area contributed by atoms with Crippen LogP contribution in [0.2, 0.25) is 0 Å². The molecule has 0 atom stereocenters. The first kappa shape index (κ1) is 20.2.